The van der Waals surface area contributed by atoms with Crippen molar-refractivity contribution in [1.29, 1.82) is 0 Å². The molecule has 0 aromatic heterocycles. The molecule has 0 saturated heterocycles. The Hall–Kier alpha value is -1.33. The number of ketones is 1. The first kappa shape index (κ1) is 10.7. The van der Waals surface area contributed by atoms with Gasteiger partial charge in [-0.2, -0.15) is 0 Å². The number of benzene rings is 1. The van der Waals surface area contributed by atoms with Gasteiger partial charge in [0.25, 0.3) is 0 Å². The number of hydrogen-bond donors (Lipinski definition) is 0. The Morgan fingerprint density at radius 1 is 1.57 bits per heavy atom. The lowest BCUT2D eigenvalue weighted by Gasteiger charge is -1.98. The molecule has 1 aromatic carbocycles. The van der Waals surface area contributed by atoms with Crippen LogP contribution in [0.4, 0.5) is 4.39 Å². The van der Waals surface area contributed by atoms with E-state index in [1.165, 1.54) is 12.1 Å². The van der Waals surface area contributed by atoms with Gasteiger partial charge in [-0.3, -0.25) is 4.79 Å². The Morgan fingerprint density at radius 2 is 2.29 bits per heavy atom. The second-order valence-electron chi connectivity index (χ2n) is 2.66. The molecule has 1 nitrogen and oxygen atoms in total. The molecule has 0 aliphatic heterocycles. The maximum absolute atomic E-state index is 12.9. The van der Waals surface area contributed by atoms with Crippen LogP contribution < -0.4 is 0 Å². The molecule has 72 valence electrons. The second kappa shape index (κ2) is 4.78. The summed E-state index contributed by atoms with van der Waals surface area (Å²) >= 11 is 5.48. The highest BCUT2D eigenvalue weighted by Gasteiger charge is 2.07. The van der Waals surface area contributed by atoms with Crippen LogP contribution in [-0.4, -0.2) is 5.78 Å². The summed E-state index contributed by atoms with van der Waals surface area (Å²) in [5.74, 6) is 4.45. The molecule has 3 heteroatoms. The minimum absolute atomic E-state index is 0.0168. The molecule has 0 fully saturated rings. The topological polar surface area (TPSA) is 17.1 Å². The van der Waals surface area contributed by atoms with Crippen LogP contribution in [0.25, 0.3) is 0 Å². The molecular weight excluding hydrogens is 203 g/mol. The molecule has 0 aliphatic rings. The molecular formula is C11H8ClFO. The van der Waals surface area contributed by atoms with Crippen molar-refractivity contribution in [2.75, 3.05) is 0 Å². The van der Waals surface area contributed by atoms with E-state index in [9.17, 15) is 9.18 Å². The van der Waals surface area contributed by atoms with Gasteiger partial charge in [-0.05, 0) is 25.1 Å². The van der Waals surface area contributed by atoms with Crippen molar-refractivity contribution in [3.63, 3.8) is 0 Å². The van der Waals surface area contributed by atoms with E-state index in [-0.39, 0.29) is 17.2 Å². The van der Waals surface area contributed by atoms with E-state index in [0.717, 1.165) is 6.07 Å². The fourth-order valence-corrected chi connectivity index (χ4v) is 1.06. The van der Waals surface area contributed by atoms with Gasteiger partial charge in [-0.1, -0.05) is 17.5 Å². The van der Waals surface area contributed by atoms with Gasteiger partial charge in [0.2, 0.25) is 0 Å². The summed E-state index contributed by atoms with van der Waals surface area (Å²) in [6.07, 6.45) is 0.109. The van der Waals surface area contributed by atoms with Crippen LogP contribution in [0.2, 0.25) is 5.02 Å². The van der Waals surface area contributed by atoms with Gasteiger partial charge < -0.3 is 0 Å². The van der Waals surface area contributed by atoms with Crippen molar-refractivity contribution in [2.45, 2.75) is 13.3 Å². The molecule has 0 saturated carbocycles. The van der Waals surface area contributed by atoms with Crippen LogP contribution in [0.1, 0.15) is 23.7 Å². The Bertz CT molecular complexity index is 415. The lowest BCUT2D eigenvalue weighted by atomic mass is 10.1. The number of Topliss-reactive ketones (excluding diaryl/α,β-unsaturated/α-hetero) is 1. The largest absolute Gasteiger partial charge is 0.293 e. The third-order valence-electron chi connectivity index (χ3n) is 1.67. The summed E-state index contributed by atoms with van der Waals surface area (Å²) in [6, 6.07) is 3.98. The molecule has 0 N–H and O–H groups in total. The third-order valence-corrected chi connectivity index (χ3v) is 1.97. The number of carbonyl (C=O) groups is 1. The third kappa shape index (κ3) is 2.58. The Labute approximate surface area is 86.9 Å². The van der Waals surface area contributed by atoms with E-state index < -0.39 is 5.82 Å². The van der Waals surface area contributed by atoms with E-state index >= 15 is 0 Å². The fraction of sp³-hybridized carbons (Fsp3) is 0.182. The van der Waals surface area contributed by atoms with E-state index in [4.69, 9.17) is 11.6 Å². The molecule has 0 spiro atoms. The first-order chi connectivity index (χ1) is 6.65. The van der Waals surface area contributed by atoms with Gasteiger partial charge >= 0.3 is 0 Å². The zero-order chi connectivity index (χ0) is 10.6. The van der Waals surface area contributed by atoms with Gasteiger partial charge in [-0.15, -0.1) is 5.92 Å². The number of carbonyl (C=O) groups excluding carboxylic acids is 1. The highest BCUT2D eigenvalue weighted by Crippen LogP contribution is 2.16. The Balaban J connectivity index is 2.89. The Kier molecular flexibility index (Phi) is 3.67. The summed E-state index contributed by atoms with van der Waals surface area (Å²) in [4.78, 5) is 11.4. The SMILES string of the molecule is CC#CCC(=O)c1ccc(Cl)c(F)c1. The molecule has 0 radical (unpaired) electrons. The average Bonchev–Trinajstić information content (AvgIpc) is 2.18. The lowest BCUT2D eigenvalue weighted by Crippen LogP contribution is -1.97. The van der Waals surface area contributed by atoms with Crippen LogP contribution in [-0.2, 0) is 0 Å². The highest BCUT2D eigenvalue weighted by molar-refractivity contribution is 6.30. The smallest absolute Gasteiger partial charge is 0.174 e. The quantitative estimate of drug-likeness (QED) is 0.542. The maximum Gasteiger partial charge on any atom is 0.174 e. The van der Waals surface area contributed by atoms with Crippen molar-refractivity contribution >= 4 is 17.4 Å². The van der Waals surface area contributed by atoms with Crippen LogP contribution in [0.5, 0.6) is 0 Å². The van der Waals surface area contributed by atoms with E-state index in [2.05, 4.69) is 11.8 Å². The fourth-order valence-electron chi connectivity index (χ4n) is 0.940. The Morgan fingerprint density at radius 3 is 2.86 bits per heavy atom. The standard InChI is InChI=1S/C11H8ClFO/c1-2-3-4-11(14)8-5-6-9(12)10(13)7-8/h5-7H,4H2,1H3. The first-order valence-electron chi connectivity index (χ1n) is 4.03. The molecule has 0 heterocycles. The molecule has 0 amide bonds. The number of hydrogen-bond acceptors (Lipinski definition) is 1. The van der Waals surface area contributed by atoms with E-state index in [1.54, 1.807) is 6.92 Å². The maximum atomic E-state index is 12.9. The number of halogens is 2. The predicted molar refractivity (Wildman–Crippen MR) is 53.8 cm³/mol. The van der Waals surface area contributed by atoms with Gasteiger partial charge in [0.15, 0.2) is 5.78 Å². The van der Waals surface area contributed by atoms with Crippen LogP contribution in [0.3, 0.4) is 0 Å². The van der Waals surface area contributed by atoms with Crippen LogP contribution in [0, 0.1) is 17.7 Å². The normalized spacial score (nSPS) is 9.07. The minimum Gasteiger partial charge on any atom is -0.293 e. The molecule has 1 aromatic rings. The minimum atomic E-state index is -0.582. The van der Waals surface area contributed by atoms with Gasteiger partial charge in [-0.25, -0.2) is 4.39 Å². The molecule has 0 atom stereocenters. The molecule has 1 rings (SSSR count). The van der Waals surface area contributed by atoms with Crippen molar-refractivity contribution in [3.05, 3.63) is 34.6 Å². The van der Waals surface area contributed by atoms with Crippen molar-refractivity contribution in [2.24, 2.45) is 0 Å². The van der Waals surface area contributed by atoms with E-state index in [1.807, 2.05) is 0 Å². The van der Waals surface area contributed by atoms with Crippen molar-refractivity contribution in [3.8, 4) is 11.8 Å². The van der Waals surface area contributed by atoms with Gasteiger partial charge in [0, 0.05) is 5.56 Å². The highest BCUT2D eigenvalue weighted by atomic mass is 35.5. The summed E-state index contributed by atoms with van der Waals surface area (Å²) in [5.41, 5.74) is 0.301. The van der Waals surface area contributed by atoms with Crippen LogP contribution in [0.15, 0.2) is 18.2 Å². The van der Waals surface area contributed by atoms with Crippen molar-refractivity contribution in [1.82, 2.24) is 0 Å². The zero-order valence-electron chi connectivity index (χ0n) is 7.60. The first-order valence-corrected chi connectivity index (χ1v) is 4.41. The summed E-state index contributed by atoms with van der Waals surface area (Å²) in [6.45, 7) is 1.65. The summed E-state index contributed by atoms with van der Waals surface area (Å²) in [7, 11) is 0. The molecule has 0 unspecified atom stereocenters. The molecule has 14 heavy (non-hydrogen) atoms. The summed E-state index contributed by atoms with van der Waals surface area (Å²) in [5, 5.41) is 0.0168. The van der Waals surface area contributed by atoms with Gasteiger partial charge in [0.05, 0.1) is 11.4 Å². The van der Waals surface area contributed by atoms with Crippen LogP contribution >= 0.6 is 11.6 Å². The second-order valence-corrected chi connectivity index (χ2v) is 3.06. The van der Waals surface area contributed by atoms with E-state index in [0.29, 0.717) is 5.56 Å². The van der Waals surface area contributed by atoms with Crippen molar-refractivity contribution < 1.29 is 9.18 Å². The average molecular weight is 211 g/mol. The predicted octanol–water partition coefficient (Wildman–Crippen LogP) is 3.08. The number of rotatable bonds is 2. The van der Waals surface area contributed by atoms with Gasteiger partial charge in [0.1, 0.15) is 5.82 Å². The zero-order valence-corrected chi connectivity index (χ0v) is 8.36. The lowest BCUT2D eigenvalue weighted by molar-refractivity contribution is 0.0997. The summed E-state index contributed by atoms with van der Waals surface area (Å²) < 4.78 is 12.9. The molecule has 0 bridgehead atoms. The molecule has 0 aliphatic carbocycles. The monoisotopic (exact) mass is 210 g/mol.